The van der Waals surface area contributed by atoms with Crippen molar-refractivity contribution in [3.8, 4) is 0 Å². The van der Waals surface area contributed by atoms with Crippen LogP contribution in [0.3, 0.4) is 0 Å². The van der Waals surface area contributed by atoms with Gasteiger partial charge < -0.3 is 9.72 Å². The van der Waals surface area contributed by atoms with Crippen molar-refractivity contribution in [3.63, 3.8) is 0 Å². The number of thioether (sulfide) groups is 1. The molecule has 2 N–H and O–H groups in total. The topological polar surface area (TPSA) is 101 Å². The summed E-state index contributed by atoms with van der Waals surface area (Å²) in [6.45, 7) is 0. The molecule has 0 fully saturated rings. The third-order valence-electron chi connectivity index (χ3n) is 3.14. The second-order valence-electron chi connectivity index (χ2n) is 4.59. The molecule has 0 atom stereocenters. The van der Waals surface area contributed by atoms with Gasteiger partial charge in [-0.3, -0.25) is 9.89 Å². The van der Waals surface area contributed by atoms with Crippen LogP contribution in [-0.4, -0.2) is 33.2 Å². The van der Waals surface area contributed by atoms with Crippen LogP contribution in [-0.2, 0) is 10.5 Å². The van der Waals surface area contributed by atoms with Gasteiger partial charge in [0.1, 0.15) is 11.2 Å². The van der Waals surface area contributed by atoms with E-state index >= 15 is 0 Å². The quantitative estimate of drug-likeness (QED) is 0.429. The van der Waals surface area contributed by atoms with Gasteiger partial charge in [0.15, 0.2) is 10.8 Å². The number of H-pyrrole nitrogens is 2. The molecule has 0 bridgehead atoms. The molecule has 2 aromatic heterocycles. The Balaban J connectivity index is 1.87. The van der Waals surface area contributed by atoms with Crippen LogP contribution in [0.25, 0.3) is 11.0 Å². The number of ether oxygens (including phenoxy) is 1. The van der Waals surface area contributed by atoms with Gasteiger partial charge in [0.05, 0.1) is 18.9 Å². The molecule has 0 amide bonds. The van der Waals surface area contributed by atoms with Gasteiger partial charge in [0.25, 0.3) is 5.56 Å². The number of benzene rings is 1. The minimum absolute atomic E-state index is 0.143. The summed E-state index contributed by atoms with van der Waals surface area (Å²) in [4.78, 5) is 30.4. The first-order chi connectivity index (χ1) is 11.1. The van der Waals surface area contributed by atoms with Gasteiger partial charge in [-0.15, -0.1) is 0 Å². The summed E-state index contributed by atoms with van der Waals surface area (Å²) in [5.41, 5.74) is 0.794. The summed E-state index contributed by atoms with van der Waals surface area (Å²) in [5, 5.41) is 7.12. The summed E-state index contributed by atoms with van der Waals surface area (Å²) in [7, 11) is 1.23. The van der Waals surface area contributed by atoms with Crippen molar-refractivity contribution in [3.05, 3.63) is 51.7 Å². The molecule has 0 unspecified atom stereocenters. The summed E-state index contributed by atoms with van der Waals surface area (Å²) in [6.07, 6.45) is 1.39. The molecule has 7 nitrogen and oxygen atoms in total. The normalized spacial score (nSPS) is 10.9. The lowest BCUT2D eigenvalue weighted by molar-refractivity contribution is 0.0599. The smallest absolute Gasteiger partial charge is 0.338 e. The van der Waals surface area contributed by atoms with E-state index in [9.17, 15) is 14.0 Å². The highest BCUT2D eigenvalue weighted by molar-refractivity contribution is 7.98. The van der Waals surface area contributed by atoms with Crippen LogP contribution in [0, 0.1) is 5.82 Å². The average Bonchev–Trinajstić information content (AvgIpc) is 3.02. The van der Waals surface area contributed by atoms with E-state index < -0.39 is 11.8 Å². The Morgan fingerprint density at radius 3 is 3.04 bits per heavy atom. The van der Waals surface area contributed by atoms with Crippen LogP contribution in [0.5, 0.6) is 0 Å². The highest BCUT2D eigenvalue weighted by Gasteiger charge is 2.14. The van der Waals surface area contributed by atoms with Gasteiger partial charge in [-0.25, -0.2) is 14.2 Å². The summed E-state index contributed by atoms with van der Waals surface area (Å²) >= 11 is 1.21. The molecule has 118 valence electrons. The van der Waals surface area contributed by atoms with E-state index in [1.165, 1.54) is 37.2 Å². The van der Waals surface area contributed by atoms with Crippen molar-refractivity contribution >= 4 is 28.8 Å². The van der Waals surface area contributed by atoms with Crippen LogP contribution >= 0.6 is 11.8 Å². The number of nitrogens with one attached hydrogen (secondary N) is 2. The maximum absolute atomic E-state index is 13.3. The molecule has 0 aliphatic heterocycles. The van der Waals surface area contributed by atoms with E-state index in [-0.39, 0.29) is 11.1 Å². The number of aromatic nitrogens is 4. The first kappa shape index (κ1) is 15.2. The third-order valence-corrected chi connectivity index (χ3v) is 4.06. The Morgan fingerprint density at radius 2 is 2.26 bits per heavy atom. The van der Waals surface area contributed by atoms with Gasteiger partial charge in [-0.1, -0.05) is 17.8 Å². The van der Waals surface area contributed by atoms with Crippen molar-refractivity contribution in [1.29, 1.82) is 0 Å². The van der Waals surface area contributed by atoms with E-state index in [0.717, 1.165) is 6.07 Å². The SMILES string of the molecule is COC(=O)c1cc(F)ccc1CSc1nc2[nH]ncc2c(=O)[nH]1. The van der Waals surface area contributed by atoms with E-state index in [1.807, 2.05) is 0 Å². The highest BCUT2D eigenvalue weighted by atomic mass is 32.2. The van der Waals surface area contributed by atoms with Gasteiger partial charge in [0.2, 0.25) is 0 Å². The second-order valence-corrected chi connectivity index (χ2v) is 5.55. The molecule has 3 aromatic rings. The zero-order chi connectivity index (χ0) is 16.4. The Kier molecular flexibility index (Phi) is 4.11. The second kappa shape index (κ2) is 6.21. The molecule has 0 saturated heterocycles. The number of fused-ring (bicyclic) bond motifs is 1. The molecule has 0 saturated carbocycles. The van der Waals surface area contributed by atoms with E-state index in [2.05, 4.69) is 24.9 Å². The minimum atomic E-state index is -0.620. The number of esters is 1. The first-order valence-electron chi connectivity index (χ1n) is 6.51. The van der Waals surface area contributed by atoms with Crippen molar-refractivity contribution in [1.82, 2.24) is 20.2 Å². The molecular formula is C14H11FN4O3S. The van der Waals surface area contributed by atoms with Crippen LogP contribution in [0.1, 0.15) is 15.9 Å². The summed E-state index contributed by atoms with van der Waals surface area (Å²) in [6, 6.07) is 3.88. The van der Waals surface area contributed by atoms with E-state index in [4.69, 9.17) is 0 Å². The van der Waals surface area contributed by atoms with Crippen molar-refractivity contribution in [2.45, 2.75) is 10.9 Å². The molecule has 3 rings (SSSR count). The van der Waals surface area contributed by atoms with E-state index in [0.29, 0.717) is 27.5 Å². The molecule has 23 heavy (non-hydrogen) atoms. The maximum Gasteiger partial charge on any atom is 0.338 e. The van der Waals surface area contributed by atoms with Crippen LogP contribution in [0.2, 0.25) is 0 Å². The van der Waals surface area contributed by atoms with Crippen LogP contribution < -0.4 is 5.56 Å². The zero-order valence-electron chi connectivity index (χ0n) is 11.9. The molecule has 9 heteroatoms. The minimum Gasteiger partial charge on any atom is -0.465 e. The molecule has 0 aliphatic rings. The number of nitrogens with zero attached hydrogens (tertiary/aromatic N) is 2. The number of carbonyl (C=O) groups excluding carboxylic acids is 1. The fourth-order valence-corrected chi connectivity index (χ4v) is 2.88. The van der Waals surface area contributed by atoms with Gasteiger partial charge >= 0.3 is 5.97 Å². The molecule has 1 aromatic carbocycles. The number of hydrogen-bond donors (Lipinski definition) is 2. The highest BCUT2D eigenvalue weighted by Crippen LogP contribution is 2.23. The van der Waals surface area contributed by atoms with Crippen LogP contribution in [0.4, 0.5) is 4.39 Å². The Morgan fingerprint density at radius 1 is 1.43 bits per heavy atom. The number of halogens is 1. The number of hydrogen-bond acceptors (Lipinski definition) is 6. The zero-order valence-corrected chi connectivity index (χ0v) is 12.7. The van der Waals surface area contributed by atoms with Gasteiger partial charge in [0, 0.05) is 5.75 Å². The lowest BCUT2D eigenvalue weighted by atomic mass is 10.1. The van der Waals surface area contributed by atoms with Crippen molar-refractivity contribution in [2.24, 2.45) is 0 Å². The molecule has 0 spiro atoms. The molecular weight excluding hydrogens is 323 g/mol. The van der Waals surface area contributed by atoms with Crippen LogP contribution in [0.15, 0.2) is 34.3 Å². The largest absolute Gasteiger partial charge is 0.465 e. The predicted molar refractivity (Wildman–Crippen MR) is 81.8 cm³/mol. The number of rotatable bonds is 4. The fourth-order valence-electron chi connectivity index (χ4n) is 2.01. The monoisotopic (exact) mass is 334 g/mol. The van der Waals surface area contributed by atoms with E-state index in [1.54, 1.807) is 0 Å². The lowest BCUT2D eigenvalue weighted by Gasteiger charge is -2.07. The fraction of sp³-hybridized carbons (Fsp3) is 0.143. The number of aromatic amines is 2. The number of carbonyl (C=O) groups is 1. The Hall–Kier alpha value is -2.68. The van der Waals surface area contributed by atoms with Crippen molar-refractivity contribution < 1.29 is 13.9 Å². The van der Waals surface area contributed by atoms with Gasteiger partial charge in [-0.05, 0) is 17.7 Å². The maximum atomic E-state index is 13.3. The summed E-state index contributed by atoms with van der Waals surface area (Å²) in [5.74, 6) is -0.831. The third kappa shape index (κ3) is 3.09. The summed E-state index contributed by atoms with van der Waals surface area (Å²) < 4.78 is 18.0. The Bertz CT molecular complexity index is 937. The number of methoxy groups -OCH3 is 1. The average molecular weight is 334 g/mol. The first-order valence-corrected chi connectivity index (χ1v) is 7.50. The Labute approximate surface area is 133 Å². The standard InChI is InChI=1S/C14H11FN4O3S/c1-22-13(21)9-4-8(15)3-2-7(9)6-23-14-17-11-10(5-16-19-11)12(20)18-14/h2-5H,6H2,1H3,(H2,16,17,18,19,20). The molecule has 0 radical (unpaired) electrons. The lowest BCUT2D eigenvalue weighted by Crippen LogP contribution is -2.09. The van der Waals surface area contributed by atoms with Crippen molar-refractivity contribution in [2.75, 3.05) is 7.11 Å². The predicted octanol–water partition coefficient (Wildman–Crippen LogP) is 1.86. The molecule has 2 heterocycles. The molecule has 0 aliphatic carbocycles. The van der Waals surface area contributed by atoms with Gasteiger partial charge in [-0.2, -0.15) is 5.10 Å².